The van der Waals surface area contributed by atoms with Gasteiger partial charge in [-0.15, -0.1) is 5.10 Å². The Hall–Kier alpha value is -4.03. The number of carbonyl (C=O) groups is 1. The third kappa shape index (κ3) is 4.61. The zero-order valence-corrected chi connectivity index (χ0v) is 19.3. The van der Waals surface area contributed by atoms with E-state index in [0.717, 1.165) is 28.4 Å². The fourth-order valence-electron chi connectivity index (χ4n) is 3.43. The molecule has 0 aliphatic rings. The molecule has 1 amide bonds. The van der Waals surface area contributed by atoms with Crippen LogP contribution in [-0.2, 0) is 4.79 Å². The first-order valence-corrected chi connectivity index (χ1v) is 11.2. The van der Waals surface area contributed by atoms with Crippen molar-refractivity contribution in [3.8, 4) is 23.2 Å². The van der Waals surface area contributed by atoms with Crippen molar-refractivity contribution < 1.29 is 9.53 Å². The van der Waals surface area contributed by atoms with Crippen molar-refractivity contribution in [1.82, 2.24) is 19.3 Å². The number of thioether (sulfide) groups is 1. The quantitative estimate of drug-likeness (QED) is 0.415. The van der Waals surface area contributed by atoms with E-state index >= 15 is 0 Å². The number of benzene rings is 2. The Morgan fingerprint density at radius 2 is 1.85 bits per heavy atom. The second kappa shape index (κ2) is 9.63. The van der Waals surface area contributed by atoms with Gasteiger partial charge in [-0.2, -0.15) is 5.26 Å². The largest absolute Gasteiger partial charge is 0.497 e. The Morgan fingerprint density at radius 3 is 2.52 bits per heavy atom. The molecule has 2 aromatic heterocycles. The number of para-hydroxylation sites is 1. The highest BCUT2D eigenvalue weighted by Gasteiger charge is 2.21. The first-order valence-electron chi connectivity index (χ1n) is 10.2. The van der Waals surface area contributed by atoms with Crippen LogP contribution < -0.4 is 10.1 Å². The molecule has 4 aromatic rings. The van der Waals surface area contributed by atoms with Crippen molar-refractivity contribution in [3.05, 3.63) is 77.7 Å². The number of aromatic nitrogens is 4. The number of hydrogen-bond donors (Lipinski definition) is 1. The summed E-state index contributed by atoms with van der Waals surface area (Å²) in [4.78, 5) is 17.1. The summed E-state index contributed by atoms with van der Waals surface area (Å²) in [6.07, 6.45) is 1.62. The Morgan fingerprint density at radius 1 is 1.12 bits per heavy atom. The lowest BCUT2D eigenvalue weighted by Crippen LogP contribution is -2.17. The first kappa shape index (κ1) is 22.2. The third-order valence-electron chi connectivity index (χ3n) is 5.24. The average Bonchev–Trinajstić information content (AvgIpc) is 3.41. The molecule has 0 fully saturated rings. The number of ether oxygens (including phenoxy) is 1. The summed E-state index contributed by atoms with van der Waals surface area (Å²) in [5.74, 6) is 1.03. The standard InChI is InChI=1S/C24H22N6O2S/c1-16-17(2)30(19-9-11-20(32-3)12-10-19)23(21(16)13-25)27-22(31)14-33-24-26-15-29(28-24)18-7-5-4-6-8-18/h4-12,15H,14H2,1-3H3,(H,27,31). The second-order valence-corrected chi connectivity index (χ2v) is 8.17. The van der Waals surface area contributed by atoms with Crippen molar-refractivity contribution >= 4 is 23.5 Å². The average molecular weight is 459 g/mol. The molecule has 4 rings (SSSR count). The first-order chi connectivity index (χ1) is 16.0. The maximum absolute atomic E-state index is 12.8. The van der Waals surface area contributed by atoms with E-state index < -0.39 is 0 Å². The monoisotopic (exact) mass is 458 g/mol. The van der Waals surface area contributed by atoms with Gasteiger partial charge >= 0.3 is 0 Å². The third-order valence-corrected chi connectivity index (χ3v) is 6.09. The number of amides is 1. The molecule has 0 saturated carbocycles. The number of hydrogen-bond acceptors (Lipinski definition) is 6. The van der Waals surface area contributed by atoms with Crippen LogP contribution >= 0.6 is 11.8 Å². The molecule has 0 aliphatic carbocycles. The fraction of sp³-hybridized carbons (Fsp3) is 0.167. The summed E-state index contributed by atoms with van der Waals surface area (Å²) < 4.78 is 8.77. The molecule has 1 N–H and O–H groups in total. The van der Waals surface area contributed by atoms with E-state index in [0.29, 0.717) is 16.5 Å². The summed E-state index contributed by atoms with van der Waals surface area (Å²) in [6.45, 7) is 3.80. The molecule has 0 radical (unpaired) electrons. The van der Waals surface area contributed by atoms with Crippen LogP contribution in [-0.4, -0.2) is 38.1 Å². The molecular weight excluding hydrogens is 436 g/mol. The van der Waals surface area contributed by atoms with Gasteiger partial charge in [0.15, 0.2) is 0 Å². The molecule has 33 heavy (non-hydrogen) atoms. The summed E-state index contributed by atoms with van der Waals surface area (Å²) in [5.41, 5.74) is 3.85. The molecule has 2 aromatic carbocycles. The predicted octanol–water partition coefficient (Wildman–Crippen LogP) is 4.29. The summed E-state index contributed by atoms with van der Waals surface area (Å²) in [5, 5.41) is 17.6. The smallest absolute Gasteiger partial charge is 0.236 e. The van der Waals surface area contributed by atoms with Crippen LogP contribution in [0.15, 0.2) is 66.1 Å². The van der Waals surface area contributed by atoms with E-state index in [1.165, 1.54) is 11.8 Å². The molecule has 8 nitrogen and oxygen atoms in total. The van der Waals surface area contributed by atoms with Crippen LogP contribution in [0.3, 0.4) is 0 Å². The molecule has 0 spiro atoms. The van der Waals surface area contributed by atoms with Gasteiger partial charge in [-0.3, -0.25) is 9.36 Å². The number of nitrogens with one attached hydrogen (secondary N) is 1. The van der Waals surface area contributed by atoms with Crippen LogP contribution in [0.2, 0.25) is 0 Å². The molecule has 0 bridgehead atoms. The Kier molecular flexibility index (Phi) is 6.47. The molecule has 166 valence electrons. The van der Waals surface area contributed by atoms with Crippen molar-refractivity contribution in [1.29, 1.82) is 5.26 Å². The van der Waals surface area contributed by atoms with Crippen molar-refractivity contribution in [2.24, 2.45) is 0 Å². The molecule has 0 aliphatic heterocycles. The molecular formula is C24H22N6O2S. The van der Waals surface area contributed by atoms with Crippen LogP contribution in [0.1, 0.15) is 16.8 Å². The maximum Gasteiger partial charge on any atom is 0.236 e. The van der Waals surface area contributed by atoms with Gasteiger partial charge in [0.05, 0.1) is 24.1 Å². The summed E-state index contributed by atoms with van der Waals surface area (Å²) >= 11 is 1.23. The molecule has 2 heterocycles. The van der Waals surface area contributed by atoms with E-state index in [2.05, 4.69) is 21.5 Å². The normalized spacial score (nSPS) is 10.6. The van der Waals surface area contributed by atoms with Gasteiger partial charge in [-0.1, -0.05) is 30.0 Å². The lowest BCUT2D eigenvalue weighted by atomic mass is 10.2. The molecule has 0 unspecified atom stereocenters. The second-order valence-electron chi connectivity index (χ2n) is 7.22. The Bertz CT molecular complexity index is 1320. The maximum atomic E-state index is 12.8. The minimum atomic E-state index is -0.250. The molecule has 0 atom stereocenters. The number of nitriles is 1. The van der Waals surface area contributed by atoms with Gasteiger partial charge in [-0.25, -0.2) is 9.67 Å². The van der Waals surface area contributed by atoms with Crippen LogP contribution in [0.4, 0.5) is 5.82 Å². The highest BCUT2D eigenvalue weighted by atomic mass is 32.2. The number of anilines is 1. The minimum absolute atomic E-state index is 0.107. The van der Waals surface area contributed by atoms with Crippen LogP contribution in [0, 0.1) is 25.2 Å². The van der Waals surface area contributed by atoms with Crippen LogP contribution in [0.5, 0.6) is 5.75 Å². The van der Waals surface area contributed by atoms with E-state index in [9.17, 15) is 10.1 Å². The van der Waals surface area contributed by atoms with Gasteiger partial charge in [0, 0.05) is 11.4 Å². The zero-order chi connectivity index (χ0) is 23.4. The Labute approximate surface area is 195 Å². The van der Waals surface area contributed by atoms with Crippen molar-refractivity contribution in [3.63, 3.8) is 0 Å². The van der Waals surface area contributed by atoms with Gasteiger partial charge in [0.25, 0.3) is 0 Å². The van der Waals surface area contributed by atoms with E-state index in [1.54, 1.807) is 18.1 Å². The molecule has 0 saturated heterocycles. The summed E-state index contributed by atoms with van der Waals surface area (Å²) in [6, 6.07) is 19.3. The van der Waals surface area contributed by atoms with E-state index in [1.807, 2.05) is 73.0 Å². The highest BCUT2D eigenvalue weighted by molar-refractivity contribution is 7.99. The van der Waals surface area contributed by atoms with Gasteiger partial charge in [0.2, 0.25) is 11.1 Å². The number of nitrogens with zero attached hydrogens (tertiary/aromatic N) is 5. The molecule has 9 heteroatoms. The van der Waals surface area contributed by atoms with Crippen LogP contribution in [0.25, 0.3) is 11.4 Å². The lowest BCUT2D eigenvalue weighted by molar-refractivity contribution is -0.113. The van der Waals surface area contributed by atoms with Gasteiger partial charge in [-0.05, 0) is 55.8 Å². The zero-order valence-electron chi connectivity index (χ0n) is 18.4. The SMILES string of the molecule is COc1ccc(-n2c(C)c(C)c(C#N)c2NC(=O)CSc2ncn(-c3ccccc3)n2)cc1. The highest BCUT2D eigenvalue weighted by Crippen LogP contribution is 2.31. The number of rotatable bonds is 7. The van der Waals surface area contributed by atoms with Crippen molar-refractivity contribution in [2.45, 2.75) is 19.0 Å². The van der Waals surface area contributed by atoms with Gasteiger partial charge < -0.3 is 10.1 Å². The van der Waals surface area contributed by atoms with E-state index in [-0.39, 0.29) is 11.7 Å². The fourth-order valence-corrected chi connectivity index (χ4v) is 4.03. The predicted molar refractivity (Wildman–Crippen MR) is 127 cm³/mol. The topological polar surface area (TPSA) is 97.8 Å². The van der Waals surface area contributed by atoms with Crippen molar-refractivity contribution in [2.75, 3.05) is 18.2 Å². The Balaban J connectivity index is 1.52. The van der Waals surface area contributed by atoms with Gasteiger partial charge in [0.1, 0.15) is 24.0 Å². The lowest BCUT2D eigenvalue weighted by Gasteiger charge is -2.13. The number of methoxy groups -OCH3 is 1. The number of carbonyl (C=O) groups excluding carboxylic acids is 1. The summed E-state index contributed by atoms with van der Waals surface area (Å²) in [7, 11) is 1.61. The van der Waals surface area contributed by atoms with E-state index in [4.69, 9.17) is 4.74 Å². The minimum Gasteiger partial charge on any atom is -0.497 e.